The molecular formula is C18H21BrClN3O2S. The average molecular weight is 459 g/mol. The van der Waals surface area contributed by atoms with Crippen LogP contribution in [0, 0.1) is 0 Å². The van der Waals surface area contributed by atoms with Crippen LogP contribution >= 0.6 is 27.5 Å². The van der Waals surface area contributed by atoms with Gasteiger partial charge in [0.05, 0.1) is 16.4 Å². The molecule has 0 atom stereocenters. The third-order valence-corrected chi connectivity index (χ3v) is 6.83. The summed E-state index contributed by atoms with van der Waals surface area (Å²) in [6, 6.07) is 12.2. The number of sulfonamides is 1. The summed E-state index contributed by atoms with van der Waals surface area (Å²) in [6.07, 6.45) is 0. The molecule has 5 nitrogen and oxygen atoms in total. The SMILES string of the molecule is CCN1CCN(c2ccccc2NS(=O)(=O)c2ccc(Br)cc2Cl)CC1. The van der Waals surface area contributed by atoms with Crippen LogP contribution in [0.3, 0.4) is 0 Å². The van der Waals surface area contributed by atoms with Gasteiger partial charge in [-0.25, -0.2) is 8.42 Å². The van der Waals surface area contributed by atoms with Gasteiger partial charge in [0, 0.05) is 30.7 Å². The summed E-state index contributed by atoms with van der Waals surface area (Å²) >= 11 is 9.43. The highest BCUT2D eigenvalue weighted by Crippen LogP contribution is 2.31. The van der Waals surface area contributed by atoms with Crippen molar-refractivity contribution < 1.29 is 8.42 Å². The molecule has 1 saturated heterocycles. The van der Waals surface area contributed by atoms with E-state index in [2.05, 4.69) is 37.4 Å². The van der Waals surface area contributed by atoms with E-state index in [1.807, 2.05) is 18.2 Å². The van der Waals surface area contributed by atoms with Crippen molar-refractivity contribution in [3.05, 3.63) is 52.0 Å². The van der Waals surface area contributed by atoms with Crippen LogP contribution in [0.5, 0.6) is 0 Å². The summed E-state index contributed by atoms with van der Waals surface area (Å²) in [4.78, 5) is 4.66. The van der Waals surface area contributed by atoms with Gasteiger partial charge < -0.3 is 9.80 Å². The molecule has 26 heavy (non-hydrogen) atoms. The third-order valence-electron chi connectivity index (χ3n) is 4.49. The highest BCUT2D eigenvalue weighted by Gasteiger charge is 2.22. The van der Waals surface area contributed by atoms with E-state index in [0.717, 1.165) is 42.9 Å². The van der Waals surface area contributed by atoms with Crippen molar-refractivity contribution in [3.63, 3.8) is 0 Å². The predicted molar refractivity (Wildman–Crippen MR) is 111 cm³/mol. The summed E-state index contributed by atoms with van der Waals surface area (Å²) in [5.41, 5.74) is 1.46. The van der Waals surface area contributed by atoms with Crippen LogP contribution in [0.4, 0.5) is 11.4 Å². The number of rotatable bonds is 5. The Morgan fingerprint density at radius 1 is 1.12 bits per heavy atom. The molecule has 140 valence electrons. The summed E-state index contributed by atoms with van der Waals surface area (Å²) in [5.74, 6) is 0. The Labute approximate surface area is 168 Å². The molecule has 1 aliphatic rings. The maximum atomic E-state index is 12.8. The molecule has 1 fully saturated rings. The fourth-order valence-corrected chi connectivity index (χ4v) is 5.15. The first-order valence-corrected chi connectivity index (χ1v) is 11.1. The van der Waals surface area contributed by atoms with Crippen molar-refractivity contribution in [2.24, 2.45) is 0 Å². The molecule has 1 N–H and O–H groups in total. The molecular weight excluding hydrogens is 438 g/mol. The lowest BCUT2D eigenvalue weighted by Crippen LogP contribution is -2.46. The monoisotopic (exact) mass is 457 g/mol. The van der Waals surface area contributed by atoms with Crippen molar-refractivity contribution >= 4 is 48.9 Å². The van der Waals surface area contributed by atoms with Crippen LogP contribution < -0.4 is 9.62 Å². The van der Waals surface area contributed by atoms with E-state index in [4.69, 9.17) is 11.6 Å². The Hall–Kier alpha value is -1.28. The Kier molecular flexibility index (Phi) is 6.12. The van der Waals surface area contributed by atoms with Gasteiger partial charge in [0.2, 0.25) is 0 Å². The van der Waals surface area contributed by atoms with Gasteiger partial charge >= 0.3 is 0 Å². The lowest BCUT2D eigenvalue weighted by Gasteiger charge is -2.36. The third kappa shape index (κ3) is 4.34. The predicted octanol–water partition coefficient (Wildman–Crippen LogP) is 4.05. The minimum atomic E-state index is -3.78. The second-order valence-corrected chi connectivity index (χ2v) is 9.09. The molecule has 0 radical (unpaired) electrons. The number of nitrogens with zero attached hydrogens (tertiary/aromatic N) is 2. The van der Waals surface area contributed by atoms with Crippen molar-refractivity contribution in [1.82, 2.24) is 4.90 Å². The maximum Gasteiger partial charge on any atom is 0.263 e. The van der Waals surface area contributed by atoms with Gasteiger partial charge in [0.1, 0.15) is 4.90 Å². The first-order chi connectivity index (χ1) is 12.4. The van der Waals surface area contributed by atoms with Gasteiger partial charge in [0.15, 0.2) is 0 Å². The molecule has 0 unspecified atom stereocenters. The van der Waals surface area contributed by atoms with Crippen molar-refractivity contribution in [3.8, 4) is 0 Å². The Bertz CT molecular complexity index is 884. The minimum Gasteiger partial charge on any atom is -0.367 e. The lowest BCUT2D eigenvalue weighted by atomic mass is 10.2. The largest absolute Gasteiger partial charge is 0.367 e. The topological polar surface area (TPSA) is 52.6 Å². The quantitative estimate of drug-likeness (QED) is 0.734. The highest BCUT2D eigenvalue weighted by atomic mass is 79.9. The van der Waals surface area contributed by atoms with Crippen LogP contribution in [-0.4, -0.2) is 46.0 Å². The summed E-state index contributed by atoms with van der Waals surface area (Å²) < 4.78 is 29.1. The number of benzene rings is 2. The van der Waals surface area contributed by atoms with Crippen molar-refractivity contribution in [1.29, 1.82) is 0 Å². The summed E-state index contributed by atoms with van der Waals surface area (Å²) in [7, 11) is -3.78. The molecule has 3 rings (SSSR count). The fraction of sp³-hybridized carbons (Fsp3) is 0.333. The standard InChI is InChI=1S/C18H21BrClN3O2S/c1-2-22-9-11-23(12-10-22)17-6-4-3-5-16(17)21-26(24,25)18-8-7-14(19)13-15(18)20/h3-8,13,21H,2,9-12H2,1H3. The number of halogens is 2. The number of para-hydroxylation sites is 2. The zero-order valence-electron chi connectivity index (χ0n) is 14.5. The Morgan fingerprint density at radius 3 is 2.46 bits per heavy atom. The van der Waals surface area contributed by atoms with E-state index >= 15 is 0 Å². The maximum absolute atomic E-state index is 12.8. The van der Waals surface area contributed by atoms with Crippen LogP contribution in [0.15, 0.2) is 51.8 Å². The van der Waals surface area contributed by atoms with Crippen LogP contribution in [0.25, 0.3) is 0 Å². The molecule has 0 spiro atoms. The highest BCUT2D eigenvalue weighted by molar-refractivity contribution is 9.10. The van der Waals surface area contributed by atoms with Gasteiger partial charge in [-0.1, -0.05) is 46.6 Å². The van der Waals surface area contributed by atoms with E-state index in [0.29, 0.717) is 5.69 Å². The van der Waals surface area contributed by atoms with Gasteiger partial charge in [-0.05, 0) is 36.9 Å². The zero-order chi connectivity index (χ0) is 18.7. The molecule has 0 bridgehead atoms. The number of hydrogen-bond donors (Lipinski definition) is 1. The van der Waals surface area contributed by atoms with E-state index in [-0.39, 0.29) is 9.92 Å². The van der Waals surface area contributed by atoms with E-state index in [1.54, 1.807) is 18.2 Å². The minimum absolute atomic E-state index is 0.0629. The molecule has 2 aromatic carbocycles. The molecule has 0 saturated carbocycles. The number of likely N-dealkylation sites (N-methyl/N-ethyl adjacent to an activating group) is 1. The van der Waals surface area contributed by atoms with E-state index in [9.17, 15) is 8.42 Å². The number of anilines is 2. The van der Waals surface area contributed by atoms with Gasteiger partial charge in [-0.3, -0.25) is 4.72 Å². The van der Waals surface area contributed by atoms with Gasteiger partial charge in [0.25, 0.3) is 10.0 Å². The summed E-state index contributed by atoms with van der Waals surface area (Å²) in [6.45, 7) is 6.85. The zero-order valence-corrected chi connectivity index (χ0v) is 17.6. The molecule has 1 heterocycles. The number of hydrogen-bond acceptors (Lipinski definition) is 4. The molecule has 0 amide bonds. The normalized spacial score (nSPS) is 15.9. The average Bonchev–Trinajstić information content (AvgIpc) is 2.61. The molecule has 2 aromatic rings. The smallest absolute Gasteiger partial charge is 0.263 e. The van der Waals surface area contributed by atoms with Crippen LogP contribution in [0.2, 0.25) is 5.02 Å². The second kappa shape index (κ2) is 8.17. The van der Waals surface area contributed by atoms with E-state index in [1.165, 1.54) is 6.07 Å². The molecule has 1 aliphatic heterocycles. The van der Waals surface area contributed by atoms with Gasteiger partial charge in [-0.2, -0.15) is 0 Å². The van der Waals surface area contributed by atoms with Crippen molar-refractivity contribution in [2.75, 3.05) is 42.3 Å². The number of nitrogens with one attached hydrogen (secondary N) is 1. The van der Waals surface area contributed by atoms with Crippen LogP contribution in [0.1, 0.15) is 6.92 Å². The van der Waals surface area contributed by atoms with Crippen LogP contribution in [-0.2, 0) is 10.0 Å². The molecule has 0 aromatic heterocycles. The fourth-order valence-electron chi connectivity index (χ4n) is 3.03. The number of piperazine rings is 1. The molecule has 0 aliphatic carbocycles. The second-order valence-electron chi connectivity index (χ2n) is 6.12. The Morgan fingerprint density at radius 2 is 1.81 bits per heavy atom. The summed E-state index contributed by atoms with van der Waals surface area (Å²) in [5, 5.41) is 0.181. The Balaban J connectivity index is 1.86. The van der Waals surface area contributed by atoms with Gasteiger partial charge in [-0.15, -0.1) is 0 Å². The first kappa shape index (κ1) is 19.5. The van der Waals surface area contributed by atoms with Crippen molar-refractivity contribution in [2.45, 2.75) is 11.8 Å². The lowest BCUT2D eigenvalue weighted by molar-refractivity contribution is 0.271. The van der Waals surface area contributed by atoms with E-state index < -0.39 is 10.0 Å². The first-order valence-electron chi connectivity index (χ1n) is 8.45. The molecule has 8 heteroatoms.